The van der Waals surface area contributed by atoms with Crippen LogP contribution in [0.1, 0.15) is 5.56 Å². The summed E-state index contributed by atoms with van der Waals surface area (Å²) in [5.41, 5.74) is 2.03. The molecule has 5 nitrogen and oxygen atoms in total. The molecule has 1 fully saturated rings. The molecule has 4 rings (SSSR count). The molecule has 0 saturated carbocycles. The summed E-state index contributed by atoms with van der Waals surface area (Å²) in [6.45, 7) is 2.65. The van der Waals surface area contributed by atoms with Gasteiger partial charge in [-0.2, -0.15) is 5.26 Å². The lowest BCUT2D eigenvalue weighted by Crippen LogP contribution is -2.49. The lowest BCUT2D eigenvalue weighted by atomic mass is 10.0. The van der Waals surface area contributed by atoms with Gasteiger partial charge in [-0.25, -0.2) is 0 Å². The van der Waals surface area contributed by atoms with E-state index in [0.29, 0.717) is 18.8 Å². The fourth-order valence-corrected chi connectivity index (χ4v) is 3.87. The summed E-state index contributed by atoms with van der Waals surface area (Å²) in [4.78, 5) is 17.1. The van der Waals surface area contributed by atoms with Crippen LogP contribution in [0.4, 0.5) is 5.69 Å². The van der Waals surface area contributed by atoms with Crippen molar-refractivity contribution in [1.29, 1.82) is 5.26 Å². The average Bonchev–Trinajstić information content (AvgIpc) is 2.82. The fourth-order valence-electron chi connectivity index (χ4n) is 3.87. The van der Waals surface area contributed by atoms with E-state index in [9.17, 15) is 10.1 Å². The van der Waals surface area contributed by atoms with Crippen LogP contribution < -0.4 is 9.64 Å². The molecule has 0 atom stereocenters. The Labute approximate surface area is 176 Å². The fraction of sp³-hybridized carbons (Fsp3) is 0.200. The van der Waals surface area contributed by atoms with Gasteiger partial charge in [0, 0.05) is 37.4 Å². The Kier molecular flexibility index (Phi) is 5.67. The van der Waals surface area contributed by atoms with Crippen LogP contribution in [0.3, 0.4) is 0 Å². The van der Waals surface area contributed by atoms with E-state index < -0.39 is 0 Å². The molecule has 30 heavy (non-hydrogen) atoms. The van der Waals surface area contributed by atoms with Crippen molar-refractivity contribution in [3.05, 3.63) is 77.9 Å². The van der Waals surface area contributed by atoms with E-state index in [4.69, 9.17) is 4.74 Å². The predicted octanol–water partition coefficient (Wildman–Crippen LogP) is 4.10. The molecule has 0 aliphatic carbocycles. The molecule has 0 aromatic heterocycles. The lowest BCUT2D eigenvalue weighted by molar-refractivity contribution is -0.126. The van der Waals surface area contributed by atoms with Gasteiger partial charge >= 0.3 is 0 Å². The molecule has 1 aliphatic rings. The zero-order chi connectivity index (χ0) is 20.9. The molecule has 1 aliphatic heterocycles. The van der Waals surface area contributed by atoms with Crippen molar-refractivity contribution in [1.82, 2.24) is 4.90 Å². The van der Waals surface area contributed by atoms with Crippen LogP contribution in [0.2, 0.25) is 0 Å². The van der Waals surface area contributed by atoms with Crippen LogP contribution in [0.15, 0.2) is 72.3 Å². The van der Waals surface area contributed by atoms with Crippen molar-refractivity contribution in [2.45, 2.75) is 0 Å². The van der Waals surface area contributed by atoms with E-state index >= 15 is 0 Å². The third-order valence-corrected chi connectivity index (χ3v) is 5.48. The highest BCUT2D eigenvalue weighted by molar-refractivity contribution is 6.05. The van der Waals surface area contributed by atoms with E-state index in [0.717, 1.165) is 35.1 Å². The minimum absolute atomic E-state index is 0.123. The predicted molar refractivity (Wildman–Crippen MR) is 119 cm³/mol. The molecule has 1 heterocycles. The molecule has 3 aromatic carbocycles. The van der Waals surface area contributed by atoms with Gasteiger partial charge < -0.3 is 14.5 Å². The highest BCUT2D eigenvalue weighted by Crippen LogP contribution is 2.30. The summed E-state index contributed by atoms with van der Waals surface area (Å²) in [6.07, 6.45) is 1.66. The summed E-state index contributed by atoms with van der Waals surface area (Å²) in [6, 6.07) is 24.0. The molecule has 0 bridgehead atoms. The quantitative estimate of drug-likeness (QED) is 0.491. The molecular weight excluding hydrogens is 374 g/mol. The van der Waals surface area contributed by atoms with E-state index in [1.165, 1.54) is 0 Å². The second-order valence-corrected chi connectivity index (χ2v) is 7.19. The van der Waals surface area contributed by atoms with Gasteiger partial charge in [0.25, 0.3) is 5.91 Å². The Bertz CT molecular complexity index is 1120. The number of para-hydroxylation sites is 1. The maximum absolute atomic E-state index is 13.1. The van der Waals surface area contributed by atoms with Gasteiger partial charge in [-0.05, 0) is 35.0 Å². The smallest absolute Gasteiger partial charge is 0.264 e. The molecule has 150 valence electrons. The lowest BCUT2D eigenvalue weighted by Gasteiger charge is -2.36. The van der Waals surface area contributed by atoms with E-state index in [1.54, 1.807) is 18.1 Å². The first-order chi connectivity index (χ1) is 14.7. The second kappa shape index (κ2) is 8.71. The molecule has 0 spiro atoms. The van der Waals surface area contributed by atoms with Crippen LogP contribution in [-0.2, 0) is 4.79 Å². The largest absolute Gasteiger partial charge is 0.496 e. The van der Waals surface area contributed by atoms with Crippen molar-refractivity contribution < 1.29 is 9.53 Å². The number of nitrogens with zero attached hydrogens (tertiary/aromatic N) is 3. The van der Waals surface area contributed by atoms with Crippen LogP contribution >= 0.6 is 0 Å². The second-order valence-electron chi connectivity index (χ2n) is 7.19. The van der Waals surface area contributed by atoms with Crippen molar-refractivity contribution in [2.75, 3.05) is 38.2 Å². The van der Waals surface area contributed by atoms with Gasteiger partial charge in [0.05, 0.1) is 7.11 Å². The molecule has 1 saturated heterocycles. The first-order valence-electron chi connectivity index (χ1n) is 9.98. The highest BCUT2D eigenvalue weighted by atomic mass is 16.5. The highest BCUT2D eigenvalue weighted by Gasteiger charge is 2.24. The molecule has 0 N–H and O–H groups in total. The number of hydrogen-bond acceptors (Lipinski definition) is 4. The first kappa shape index (κ1) is 19.5. The van der Waals surface area contributed by atoms with Gasteiger partial charge in [-0.1, -0.05) is 48.5 Å². The Balaban J connectivity index is 1.58. The van der Waals surface area contributed by atoms with Crippen LogP contribution in [0.25, 0.3) is 16.8 Å². The number of methoxy groups -OCH3 is 1. The Morgan fingerprint density at radius 2 is 1.67 bits per heavy atom. The average molecular weight is 397 g/mol. The SMILES string of the molecule is COc1ccc2ccccc2c1/C=C(\C#N)C(=O)N1CCN(c2ccccc2)CC1. The van der Waals surface area contributed by atoms with Crippen LogP contribution in [0, 0.1) is 11.3 Å². The van der Waals surface area contributed by atoms with Crippen LogP contribution in [-0.4, -0.2) is 44.1 Å². The molecule has 1 amide bonds. The minimum Gasteiger partial charge on any atom is -0.496 e. The number of carbonyl (C=O) groups is 1. The number of anilines is 1. The number of benzene rings is 3. The van der Waals surface area contributed by atoms with Gasteiger partial charge in [0.15, 0.2) is 0 Å². The number of carbonyl (C=O) groups excluding carboxylic acids is 1. The number of ether oxygens (including phenoxy) is 1. The Morgan fingerprint density at radius 1 is 0.967 bits per heavy atom. The number of nitriles is 1. The summed E-state index contributed by atoms with van der Waals surface area (Å²) in [5.74, 6) is 0.406. The van der Waals surface area contributed by atoms with Crippen molar-refractivity contribution in [2.24, 2.45) is 0 Å². The third-order valence-electron chi connectivity index (χ3n) is 5.48. The molecule has 0 unspecified atom stereocenters. The third kappa shape index (κ3) is 3.85. The van der Waals surface area contributed by atoms with Gasteiger partial charge in [-0.15, -0.1) is 0 Å². The standard InChI is InChI=1S/C25H23N3O2/c1-30-24-12-11-19-7-5-6-10-22(19)23(24)17-20(18-26)25(29)28-15-13-27(14-16-28)21-8-3-2-4-9-21/h2-12,17H,13-16H2,1H3/b20-17+. The van der Waals surface area contributed by atoms with E-state index in [-0.39, 0.29) is 11.5 Å². The Hall–Kier alpha value is -3.78. The first-order valence-corrected chi connectivity index (χ1v) is 9.98. The number of fused-ring (bicyclic) bond motifs is 1. The minimum atomic E-state index is -0.236. The normalized spacial score (nSPS) is 14.5. The van der Waals surface area contributed by atoms with Crippen molar-refractivity contribution >= 4 is 28.4 Å². The number of amides is 1. The molecule has 0 radical (unpaired) electrons. The molecule has 5 heteroatoms. The van der Waals surface area contributed by atoms with E-state index in [1.807, 2.05) is 54.6 Å². The number of rotatable bonds is 4. The summed E-state index contributed by atoms with van der Waals surface area (Å²) < 4.78 is 5.50. The maximum Gasteiger partial charge on any atom is 0.264 e. The summed E-state index contributed by atoms with van der Waals surface area (Å²) in [5, 5.41) is 11.7. The van der Waals surface area contributed by atoms with Gasteiger partial charge in [-0.3, -0.25) is 4.79 Å². The summed E-state index contributed by atoms with van der Waals surface area (Å²) >= 11 is 0. The van der Waals surface area contributed by atoms with Crippen molar-refractivity contribution in [3.8, 4) is 11.8 Å². The topological polar surface area (TPSA) is 56.6 Å². The zero-order valence-corrected chi connectivity index (χ0v) is 16.9. The molecular formula is C25H23N3O2. The van der Waals surface area contributed by atoms with Crippen LogP contribution in [0.5, 0.6) is 5.75 Å². The Morgan fingerprint density at radius 3 is 2.37 bits per heavy atom. The summed E-state index contributed by atoms with van der Waals surface area (Å²) in [7, 11) is 1.60. The van der Waals surface area contributed by atoms with Gasteiger partial charge in [0.1, 0.15) is 17.4 Å². The number of piperazine rings is 1. The monoisotopic (exact) mass is 397 g/mol. The van der Waals surface area contributed by atoms with Gasteiger partial charge in [0.2, 0.25) is 0 Å². The number of hydrogen-bond donors (Lipinski definition) is 0. The molecule has 3 aromatic rings. The zero-order valence-electron chi connectivity index (χ0n) is 16.9. The maximum atomic E-state index is 13.1. The van der Waals surface area contributed by atoms with Crippen molar-refractivity contribution in [3.63, 3.8) is 0 Å². The van der Waals surface area contributed by atoms with E-state index in [2.05, 4.69) is 23.1 Å².